The topological polar surface area (TPSA) is 112 Å². The van der Waals surface area contributed by atoms with E-state index >= 15 is 0 Å². The zero-order chi connectivity index (χ0) is 21.4. The summed E-state index contributed by atoms with van der Waals surface area (Å²) < 4.78 is 25.7. The molecule has 0 radical (unpaired) electrons. The normalized spacial score (nSPS) is 12.0. The van der Waals surface area contributed by atoms with Gasteiger partial charge >= 0.3 is 7.60 Å². The lowest BCUT2D eigenvalue weighted by molar-refractivity contribution is 0.368. The number of nitrogens with zero attached hydrogens (tertiary/aromatic N) is 1. The molecule has 0 aliphatic heterocycles. The van der Waals surface area contributed by atoms with E-state index < -0.39 is 13.4 Å². The molecular weight excluding hydrogens is 418 g/mol. The molecule has 0 aliphatic rings. The molecule has 9 heteroatoms. The first-order valence-electron chi connectivity index (χ1n) is 9.22. The maximum atomic E-state index is 13.9. The van der Waals surface area contributed by atoms with Crippen LogP contribution < -0.4 is 25.6 Å². The van der Waals surface area contributed by atoms with Crippen LogP contribution in [0.15, 0.2) is 89.9 Å². The van der Waals surface area contributed by atoms with E-state index in [0.29, 0.717) is 23.6 Å². The van der Waals surface area contributed by atoms with E-state index in [1.54, 1.807) is 36.4 Å². The van der Waals surface area contributed by atoms with Gasteiger partial charge in [-0.1, -0.05) is 57.9 Å². The molecule has 3 rings (SSSR count). The Balaban J connectivity index is 1.87. The highest BCUT2D eigenvalue weighted by Crippen LogP contribution is 2.53. The lowest BCUT2D eigenvalue weighted by atomic mass is 10.1. The van der Waals surface area contributed by atoms with Crippen LogP contribution in [0.4, 0.5) is 5.69 Å². The SMILES string of the molecule is NC(N)=Nc1ccc(CC(NP)P(=O)(Oc2ccccc2)Oc2ccccc2)cc1. The number of para-hydroxylation sites is 2. The van der Waals surface area contributed by atoms with Crippen molar-refractivity contribution >= 4 is 28.6 Å². The second-order valence-corrected chi connectivity index (χ2v) is 8.84. The third-order valence-electron chi connectivity index (χ3n) is 4.15. The molecule has 0 aliphatic carbocycles. The van der Waals surface area contributed by atoms with Crippen LogP contribution in [0.5, 0.6) is 11.5 Å². The second kappa shape index (κ2) is 10.3. The molecule has 0 saturated carbocycles. The Morgan fingerprint density at radius 1 is 0.900 bits per heavy atom. The highest BCUT2D eigenvalue weighted by molar-refractivity contribution is 7.55. The molecule has 2 atom stereocenters. The minimum atomic E-state index is -3.67. The van der Waals surface area contributed by atoms with Gasteiger partial charge in [-0.2, -0.15) is 0 Å². The fraction of sp³-hybridized carbons (Fsp3) is 0.0952. The minimum absolute atomic E-state index is 0.00993. The van der Waals surface area contributed by atoms with Crippen LogP contribution in [0.25, 0.3) is 0 Å². The van der Waals surface area contributed by atoms with Gasteiger partial charge in [-0.05, 0) is 42.0 Å². The van der Waals surface area contributed by atoms with E-state index in [9.17, 15) is 4.57 Å². The van der Waals surface area contributed by atoms with Crippen molar-refractivity contribution in [1.29, 1.82) is 0 Å². The number of nitrogens with two attached hydrogens (primary N) is 2. The highest BCUT2D eigenvalue weighted by Gasteiger charge is 2.38. The molecule has 0 saturated heterocycles. The summed E-state index contributed by atoms with van der Waals surface area (Å²) in [5.41, 5.74) is 12.4. The standard InChI is InChI=1S/C21H24N4O3P2/c22-21(23)24-17-13-11-16(12-14-17)15-20(25-29)30(26,27-18-7-3-1-4-8-18)28-19-9-5-2-6-10-19/h1-14,20,25H,15,29H2,(H4,22,23,24). The van der Waals surface area contributed by atoms with E-state index in [0.717, 1.165) is 5.56 Å². The fourth-order valence-corrected chi connectivity index (χ4v) is 5.15. The van der Waals surface area contributed by atoms with Crippen molar-refractivity contribution in [3.05, 3.63) is 90.5 Å². The first-order valence-corrected chi connectivity index (χ1v) is 11.4. The Labute approximate surface area is 178 Å². The van der Waals surface area contributed by atoms with Gasteiger partial charge in [0.05, 0.1) is 5.69 Å². The van der Waals surface area contributed by atoms with Crippen molar-refractivity contribution in [2.24, 2.45) is 16.5 Å². The van der Waals surface area contributed by atoms with Crippen LogP contribution in [-0.4, -0.2) is 11.7 Å². The highest BCUT2D eigenvalue weighted by atomic mass is 31.2. The van der Waals surface area contributed by atoms with Crippen LogP contribution in [-0.2, 0) is 11.0 Å². The zero-order valence-corrected chi connectivity index (χ0v) is 18.3. The molecule has 156 valence electrons. The van der Waals surface area contributed by atoms with Gasteiger partial charge in [-0.3, -0.25) is 5.09 Å². The predicted molar refractivity (Wildman–Crippen MR) is 124 cm³/mol. The maximum absolute atomic E-state index is 13.9. The van der Waals surface area contributed by atoms with Gasteiger partial charge in [0.1, 0.15) is 17.3 Å². The molecular formula is C21H24N4O3P2. The lowest BCUT2D eigenvalue weighted by Crippen LogP contribution is -2.28. The molecule has 0 heterocycles. The average Bonchev–Trinajstić information content (AvgIpc) is 2.74. The molecule has 7 nitrogen and oxygen atoms in total. The Hall–Kier alpha value is -2.85. The number of hydrogen-bond donors (Lipinski definition) is 3. The first kappa shape index (κ1) is 21.8. The van der Waals surface area contributed by atoms with Crippen molar-refractivity contribution in [3.63, 3.8) is 0 Å². The summed E-state index contributed by atoms with van der Waals surface area (Å²) in [6.45, 7) is 0. The van der Waals surface area contributed by atoms with Gasteiger partial charge in [-0.25, -0.2) is 9.56 Å². The van der Waals surface area contributed by atoms with Crippen LogP contribution in [0.2, 0.25) is 0 Å². The zero-order valence-electron chi connectivity index (χ0n) is 16.2. The molecule has 0 fully saturated rings. The maximum Gasteiger partial charge on any atom is 0.448 e. The van der Waals surface area contributed by atoms with Gasteiger partial charge in [0.15, 0.2) is 5.96 Å². The third kappa shape index (κ3) is 6.07. The van der Waals surface area contributed by atoms with E-state index in [4.69, 9.17) is 20.5 Å². The molecule has 3 aromatic carbocycles. The summed E-state index contributed by atoms with van der Waals surface area (Å²) in [6, 6.07) is 25.2. The summed E-state index contributed by atoms with van der Waals surface area (Å²) in [4.78, 5) is 4.01. The van der Waals surface area contributed by atoms with E-state index in [1.165, 1.54) is 0 Å². The van der Waals surface area contributed by atoms with Gasteiger partial charge in [0.25, 0.3) is 0 Å². The number of guanidine groups is 1. The van der Waals surface area contributed by atoms with Crippen molar-refractivity contribution in [2.45, 2.75) is 12.2 Å². The van der Waals surface area contributed by atoms with Crippen molar-refractivity contribution in [3.8, 4) is 11.5 Å². The summed E-state index contributed by atoms with van der Waals surface area (Å²) in [5.74, 6) is 0.288. The van der Waals surface area contributed by atoms with Gasteiger partial charge in [0.2, 0.25) is 0 Å². The number of benzene rings is 3. The summed E-state index contributed by atoms with van der Waals surface area (Å²) in [7, 11) is -1.27. The average molecular weight is 442 g/mol. The van der Waals surface area contributed by atoms with E-state index in [2.05, 4.69) is 19.5 Å². The number of nitrogens with one attached hydrogen (secondary N) is 1. The monoisotopic (exact) mass is 442 g/mol. The number of aliphatic imine (C=N–C) groups is 1. The Kier molecular flexibility index (Phi) is 7.47. The van der Waals surface area contributed by atoms with Gasteiger partial charge < -0.3 is 20.5 Å². The molecule has 0 amide bonds. The number of hydrogen-bond acceptors (Lipinski definition) is 5. The van der Waals surface area contributed by atoms with Crippen molar-refractivity contribution < 1.29 is 13.6 Å². The lowest BCUT2D eigenvalue weighted by Gasteiger charge is -2.27. The molecule has 5 N–H and O–H groups in total. The molecule has 30 heavy (non-hydrogen) atoms. The first-order chi connectivity index (χ1) is 14.5. The van der Waals surface area contributed by atoms with Gasteiger partial charge in [0, 0.05) is 6.42 Å². The van der Waals surface area contributed by atoms with E-state index in [1.807, 2.05) is 48.5 Å². The Morgan fingerprint density at radius 2 is 1.40 bits per heavy atom. The molecule has 0 aromatic heterocycles. The van der Waals surface area contributed by atoms with Crippen LogP contribution >= 0.6 is 17.0 Å². The minimum Gasteiger partial charge on any atom is -0.415 e. The largest absolute Gasteiger partial charge is 0.448 e. The summed E-state index contributed by atoms with van der Waals surface area (Å²) >= 11 is 0. The number of rotatable bonds is 9. The summed E-state index contributed by atoms with van der Waals surface area (Å²) in [5, 5.41) is 3.01. The smallest absolute Gasteiger partial charge is 0.415 e. The fourth-order valence-electron chi connectivity index (χ4n) is 2.74. The van der Waals surface area contributed by atoms with Crippen LogP contribution in [0, 0.1) is 0 Å². The van der Waals surface area contributed by atoms with E-state index in [-0.39, 0.29) is 5.96 Å². The molecule has 2 unspecified atom stereocenters. The Morgan fingerprint density at radius 3 is 1.83 bits per heavy atom. The molecule has 0 bridgehead atoms. The predicted octanol–water partition coefficient (Wildman–Crippen LogP) is 4.19. The van der Waals surface area contributed by atoms with Gasteiger partial charge in [-0.15, -0.1) is 0 Å². The quantitative estimate of drug-likeness (QED) is 0.260. The molecule has 0 spiro atoms. The molecule has 3 aromatic rings. The van der Waals surface area contributed by atoms with Crippen LogP contribution in [0.3, 0.4) is 0 Å². The Bertz CT molecular complexity index is 966. The van der Waals surface area contributed by atoms with Crippen LogP contribution in [0.1, 0.15) is 5.56 Å². The third-order valence-corrected chi connectivity index (χ3v) is 6.86. The summed E-state index contributed by atoms with van der Waals surface area (Å²) in [6.07, 6.45) is 0.391. The van der Waals surface area contributed by atoms with Crippen molar-refractivity contribution in [1.82, 2.24) is 5.09 Å². The second-order valence-electron chi connectivity index (χ2n) is 6.44. The van der Waals surface area contributed by atoms with Crippen molar-refractivity contribution in [2.75, 3.05) is 0 Å².